The summed E-state index contributed by atoms with van der Waals surface area (Å²) in [6, 6.07) is 56.3. The molecule has 2 N–H and O–H groups in total. The molecule has 336 valence electrons. The number of carbonyl (C=O) groups excluding carboxylic acids is 4. The van der Waals surface area contributed by atoms with Gasteiger partial charge in [-0.25, -0.2) is 9.97 Å². The summed E-state index contributed by atoms with van der Waals surface area (Å²) in [5.74, 6) is 2.91. The number of halogens is 3. The highest BCUT2D eigenvalue weighted by atomic mass is 35.5. The van der Waals surface area contributed by atoms with Crippen LogP contribution in [0.2, 0.25) is 15.2 Å². The lowest BCUT2D eigenvalue weighted by Crippen LogP contribution is -2.29. The molecular formula is C52H36BCl3N4O8. The maximum Gasteiger partial charge on any atom is 0.488 e. The van der Waals surface area contributed by atoms with Crippen LogP contribution >= 0.6 is 34.8 Å². The van der Waals surface area contributed by atoms with Gasteiger partial charge in [0.2, 0.25) is 0 Å². The van der Waals surface area contributed by atoms with Crippen LogP contribution in [-0.4, -0.2) is 39.4 Å². The Kier molecular flexibility index (Phi) is 21.1. The largest absolute Gasteiger partial charge is 0.488 e. The van der Waals surface area contributed by atoms with Crippen molar-refractivity contribution in [2.24, 2.45) is 0 Å². The molecule has 8 rings (SSSR count). The molecule has 0 bridgehead atoms. The third-order valence-electron chi connectivity index (χ3n) is 9.07. The van der Waals surface area contributed by atoms with E-state index in [0.29, 0.717) is 44.5 Å². The van der Waals surface area contributed by atoms with Gasteiger partial charge in [0.05, 0.1) is 38.3 Å². The van der Waals surface area contributed by atoms with Crippen LogP contribution in [0.15, 0.2) is 170 Å². The average molecular weight is 962 g/mol. The Bertz CT molecular complexity index is 3020. The van der Waals surface area contributed by atoms with Gasteiger partial charge in [0.1, 0.15) is 40.3 Å². The second kappa shape index (κ2) is 27.3. The number of nitriles is 2. The van der Waals surface area contributed by atoms with Crippen LogP contribution in [0.1, 0.15) is 22.3 Å². The zero-order valence-electron chi connectivity index (χ0n) is 36.0. The maximum absolute atomic E-state index is 9.61. The minimum atomic E-state index is -1.35. The standard InChI is InChI=1S/C25H17ClN2O.C18H10Cl2N2O.C7H9BO2.2CO2/c1-17-7-9-18(10-8-17)24-15-23(26)22(16-27)25(28-24)19-11-13-21(14-12-19)29-20-5-3-2-4-6-20;19-16-10-17(20)22-18(15(16)11-21)12-6-8-14(9-7-12)23-13-4-2-1-3-5-13;1-6-2-4-7(5-3-6)8(9)10;2*2-1-3/h2-15H,1H3;1-10H;2-5,9-10H,1H3;;. The SMILES string of the molecule is Cc1ccc(-c2cc(Cl)c(C#N)c(-c3ccc(Oc4ccccc4)cc3)n2)cc1.Cc1ccc(B(O)O)cc1.N#Cc1c(Cl)cc(Cl)nc1-c1ccc(Oc2ccccc2)cc1.O=C=O.O=C=O. The van der Waals surface area contributed by atoms with Crippen molar-refractivity contribution in [1.29, 1.82) is 10.5 Å². The average Bonchev–Trinajstić information content (AvgIpc) is 3.33. The molecule has 0 amide bonds. The quantitative estimate of drug-likeness (QED) is 0.108. The first-order valence-electron chi connectivity index (χ1n) is 19.9. The van der Waals surface area contributed by atoms with Crippen LogP contribution < -0.4 is 14.9 Å². The summed E-state index contributed by atoms with van der Waals surface area (Å²) in [5.41, 5.74) is 7.72. The van der Waals surface area contributed by atoms with Crippen LogP contribution in [0.4, 0.5) is 0 Å². The summed E-state index contributed by atoms with van der Waals surface area (Å²) in [6.45, 7) is 3.99. The molecule has 6 aromatic carbocycles. The minimum absolute atomic E-state index is 0.244. The fourth-order valence-corrected chi connectivity index (χ4v) is 6.57. The number of benzene rings is 6. The van der Waals surface area contributed by atoms with E-state index in [1.807, 2.05) is 147 Å². The molecule has 0 fully saturated rings. The van der Waals surface area contributed by atoms with Gasteiger partial charge < -0.3 is 19.5 Å². The second-order valence-electron chi connectivity index (χ2n) is 13.8. The van der Waals surface area contributed by atoms with Crippen molar-refractivity contribution in [3.63, 3.8) is 0 Å². The van der Waals surface area contributed by atoms with Gasteiger partial charge in [0.15, 0.2) is 0 Å². The van der Waals surface area contributed by atoms with Gasteiger partial charge in [-0.15, -0.1) is 0 Å². The minimum Gasteiger partial charge on any atom is -0.457 e. The fraction of sp³-hybridized carbons (Fsp3) is 0.0385. The van der Waals surface area contributed by atoms with Gasteiger partial charge in [-0.2, -0.15) is 29.7 Å². The molecule has 0 spiro atoms. The van der Waals surface area contributed by atoms with Gasteiger partial charge in [0, 0.05) is 16.7 Å². The molecule has 0 atom stereocenters. The Hall–Kier alpha value is -8.19. The zero-order chi connectivity index (χ0) is 49.4. The first-order chi connectivity index (χ1) is 32.8. The molecule has 16 heteroatoms. The lowest BCUT2D eigenvalue weighted by Gasteiger charge is -2.11. The Morgan fingerprint density at radius 2 is 0.838 bits per heavy atom. The van der Waals surface area contributed by atoms with E-state index in [0.717, 1.165) is 39.4 Å². The third kappa shape index (κ3) is 16.1. The molecule has 68 heavy (non-hydrogen) atoms. The third-order valence-corrected chi connectivity index (χ3v) is 9.86. The van der Waals surface area contributed by atoms with E-state index in [9.17, 15) is 10.5 Å². The van der Waals surface area contributed by atoms with E-state index < -0.39 is 7.12 Å². The highest BCUT2D eigenvalue weighted by molar-refractivity contribution is 6.58. The predicted octanol–water partition coefficient (Wildman–Crippen LogP) is 11.3. The summed E-state index contributed by atoms with van der Waals surface area (Å²) >= 11 is 18.4. The van der Waals surface area contributed by atoms with Crippen molar-refractivity contribution in [2.45, 2.75) is 13.8 Å². The summed E-state index contributed by atoms with van der Waals surface area (Å²) in [7, 11) is -1.35. The molecule has 0 aliphatic heterocycles. The topological polar surface area (TPSA) is 201 Å². The Balaban J connectivity index is 0.000000229. The van der Waals surface area contributed by atoms with Crippen molar-refractivity contribution >= 4 is 59.7 Å². The summed E-state index contributed by atoms with van der Waals surface area (Å²) in [6.07, 6.45) is 0.500. The van der Waals surface area contributed by atoms with Crippen molar-refractivity contribution in [3.05, 3.63) is 207 Å². The number of pyridine rings is 2. The number of aryl methyl sites for hydroxylation is 2. The van der Waals surface area contributed by atoms with Gasteiger partial charge >= 0.3 is 19.4 Å². The Labute approximate surface area is 407 Å². The Morgan fingerprint density at radius 1 is 0.485 bits per heavy atom. The maximum atomic E-state index is 9.61. The van der Waals surface area contributed by atoms with E-state index in [-0.39, 0.29) is 22.5 Å². The second-order valence-corrected chi connectivity index (χ2v) is 15.0. The first-order valence-corrected chi connectivity index (χ1v) is 21.0. The number of nitrogens with zero attached hydrogens (tertiary/aromatic N) is 4. The van der Waals surface area contributed by atoms with Gasteiger partial charge in [-0.1, -0.05) is 131 Å². The molecule has 8 aromatic rings. The molecule has 0 unspecified atom stereocenters. The smallest absolute Gasteiger partial charge is 0.457 e. The number of rotatable bonds is 8. The van der Waals surface area contributed by atoms with Crippen molar-refractivity contribution < 1.29 is 38.7 Å². The lowest BCUT2D eigenvalue weighted by atomic mass is 9.80. The monoisotopic (exact) mass is 960 g/mol. The van der Waals surface area contributed by atoms with E-state index >= 15 is 0 Å². The summed E-state index contributed by atoms with van der Waals surface area (Å²) < 4.78 is 11.6. The van der Waals surface area contributed by atoms with Crippen molar-refractivity contribution in [2.75, 3.05) is 0 Å². The van der Waals surface area contributed by atoms with E-state index in [4.69, 9.17) is 78.5 Å². The molecule has 2 heterocycles. The molecule has 0 radical (unpaired) electrons. The number of hydrogen-bond acceptors (Lipinski definition) is 12. The molecule has 0 aliphatic rings. The van der Waals surface area contributed by atoms with Crippen LogP contribution in [0.5, 0.6) is 23.0 Å². The van der Waals surface area contributed by atoms with Gasteiger partial charge in [-0.3, -0.25) is 0 Å². The normalized spacial score (nSPS) is 9.49. The van der Waals surface area contributed by atoms with E-state index in [1.165, 1.54) is 11.6 Å². The predicted molar refractivity (Wildman–Crippen MR) is 258 cm³/mol. The molecular weight excluding hydrogens is 926 g/mol. The highest BCUT2D eigenvalue weighted by Crippen LogP contribution is 2.34. The fourth-order valence-electron chi connectivity index (χ4n) is 5.85. The van der Waals surface area contributed by atoms with Gasteiger partial charge in [0.25, 0.3) is 0 Å². The number of aromatic nitrogens is 2. The lowest BCUT2D eigenvalue weighted by molar-refractivity contribution is -0.193. The highest BCUT2D eigenvalue weighted by Gasteiger charge is 2.16. The van der Waals surface area contributed by atoms with Crippen molar-refractivity contribution in [1.82, 2.24) is 9.97 Å². The molecule has 0 saturated carbocycles. The van der Waals surface area contributed by atoms with E-state index in [1.54, 1.807) is 30.3 Å². The number of ether oxygens (including phenoxy) is 2. The van der Waals surface area contributed by atoms with Gasteiger partial charge in [-0.05, 0) is 104 Å². The summed E-state index contributed by atoms with van der Waals surface area (Å²) in [4.78, 5) is 41.4. The van der Waals surface area contributed by atoms with Crippen LogP contribution in [0.25, 0.3) is 33.8 Å². The Morgan fingerprint density at radius 3 is 1.24 bits per heavy atom. The molecule has 12 nitrogen and oxygen atoms in total. The van der Waals surface area contributed by atoms with E-state index in [2.05, 4.69) is 17.1 Å². The number of hydrogen-bond donors (Lipinski definition) is 2. The summed E-state index contributed by atoms with van der Waals surface area (Å²) in [5, 5.41) is 37.1. The molecule has 0 saturated heterocycles. The zero-order valence-corrected chi connectivity index (χ0v) is 38.3. The van der Waals surface area contributed by atoms with Crippen LogP contribution in [-0.2, 0) is 19.2 Å². The first kappa shape index (κ1) is 52.4. The van der Waals surface area contributed by atoms with Crippen LogP contribution in [0, 0.1) is 36.5 Å². The molecule has 0 aliphatic carbocycles. The van der Waals surface area contributed by atoms with Crippen molar-refractivity contribution in [3.8, 4) is 68.9 Å². The van der Waals surface area contributed by atoms with Crippen LogP contribution in [0.3, 0.4) is 0 Å². The molecule has 2 aromatic heterocycles. The number of para-hydroxylation sites is 2.